The Hall–Kier alpha value is -1.13. The van der Waals surface area contributed by atoms with Gasteiger partial charge in [0, 0.05) is 11.6 Å². The number of hydrogen-bond donors (Lipinski definition) is 1. The minimum atomic E-state index is -0.0598. The first-order chi connectivity index (χ1) is 7.54. The van der Waals surface area contributed by atoms with E-state index in [1.165, 1.54) is 0 Å². The van der Waals surface area contributed by atoms with E-state index < -0.39 is 0 Å². The molecule has 0 fully saturated rings. The van der Waals surface area contributed by atoms with E-state index in [9.17, 15) is 4.79 Å². The third kappa shape index (κ3) is 1.68. The summed E-state index contributed by atoms with van der Waals surface area (Å²) in [5.74, 6) is 0. The first-order valence-corrected chi connectivity index (χ1v) is 5.76. The van der Waals surface area contributed by atoms with Crippen LogP contribution in [0.5, 0.6) is 0 Å². The predicted octanol–water partition coefficient (Wildman–Crippen LogP) is 3.04. The molecule has 1 heterocycles. The SMILES string of the molecule is CCn1c(=S)[nH]c2cc(Cl)cc(C)c2c1=O. The Morgan fingerprint density at radius 1 is 1.50 bits per heavy atom. The molecule has 0 saturated heterocycles. The van der Waals surface area contributed by atoms with Crippen molar-refractivity contribution in [2.45, 2.75) is 20.4 Å². The van der Waals surface area contributed by atoms with Crippen LogP contribution < -0.4 is 5.56 Å². The van der Waals surface area contributed by atoms with Crippen molar-refractivity contribution in [3.63, 3.8) is 0 Å². The summed E-state index contributed by atoms with van der Waals surface area (Å²) in [6.45, 7) is 4.32. The molecule has 0 saturated carbocycles. The predicted molar refractivity (Wildman–Crippen MR) is 68.8 cm³/mol. The number of fused-ring (bicyclic) bond motifs is 1. The highest BCUT2D eigenvalue weighted by molar-refractivity contribution is 7.71. The van der Waals surface area contributed by atoms with E-state index in [1.807, 2.05) is 13.8 Å². The molecule has 1 aromatic heterocycles. The third-order valence-corrected chi connectivity index (χ3v) is 3.10. The lowest BCUT2D eigenvalue weighted by Gasteiger charge is -2.07. The second-order valence-electron chi connectivity index (χ2n) is 3.62. The number of nitrogens with one attached hydrogen (secondary N) is 1. The topological polar surface area (TPSA) is 37.8 Å². The molecule has 0 aliphatic heterocycles. The zero-order valence-electron chi connectivity index (χ0n) is 9.00. The van der Waals surface area contributed by atoms with Crippen LogP contribution in [0.25, 0.3) is 10.9 Å². The van der Waals surface area contributed by atoms with Gasteiger partial charge in [-0.15, -0.1) is 0 Å². The molecule has 0 aliphatic carbocycles. The highest BCUT2D eigenvalue weighted by Gasteiger charge is 2.07. The van der Waals surface area contributed by atoms with Gasteiger partial charge in [0.15, 0.2) is 4.77 Å². The van der Waals surface area contributed by atoms with Gasteiger partial charge in [-0.25, -0.2) is 0 Å². The summed E-state index contributed by atoms with van der Waals surface area (Å²) in [6.07, 6.45) is 0. The van der Waals surface area contributed by atoms with Crippen LogP contribution in [0.15, 0.2) is 16.9 Å². The fourth-order valence-electron chi connectivity index (χ4n) is 1.82. The summed E-state index contributed by atoms with van der Waals surface area (Å²) in [7, 11) is 0. The van der Waals surface area contributed by atoms with Crippen LogP contribution in [-0.4, -0.2) is 9.55 Å². The lowest BCUT2D eigenvalue weighted by Crippen LogP contribution is -2.21. The lowest BCUT2D eigenvalue weighted by molar-refractivity contribution is 0.704. The minimum absolute atomic E-state index is 0.0598. The Morgan fingerprint density at radius 3 is 2.81 bits per heavy atom. The number of aryl methyl sites for hydroxylation is 1. The number of halogens is 1. The van der Waals surface area contributed by atoms with Crippen molar-refractivity contribution in [2.24, 2.45) is 0 Å². The molecule has 0 bridgehead atoms. The van der Waals surface area contributed by atoms with Crippen LogP contribution >= 0.6 is 23.8 Å². The molecule has 1 N–H and O–H groups in total. The molecule has 0 aliphatic rings. The second kappa shape index (κ2) is 4.03. The molecule has 0 spiro atoms. The molecule has 2 aromatic rings. The number of benzene rings is 1. The van der Waals surface area contributed by atoms with E-state index in [-0.39, 0.29) is 5.56 Å². The maximum Gasteiger partial charge on any atom is 0.262 e. The first kappa shape index (κ1) is 11.4. The van der Waals surface area contributed by atoms with Gasteiger partial charge in [-0.2, -0.15) is 0 Å². The molecule has 0 atom stereocenters. The van der Waals surface area contributed by atoms with E-state index in [1.54, 1.807) is 16.7 Å². The Morgan fingerprint density at radius 2 is 2.19 bits per heavy atom. The number of aromatic nitrogens is 2. The van der Waals surface area contributed by atoms with Crippen LogP contribution in [0.4, 0.5) is 0 Å². The average Bonchev–Trinajstić information content (AvgIpc) is 2.15. The third-order valence-electron chi connectivity index (χ3n) is 2.56. The van der Waals surface area contributed by atoms with E-state index in [0.29, 0.717) is 27.2 Å². The minimum Gasteiger partial charge on any atom is -0.331 e. The monoisotopic (exact) mass is 254 g/mol. The second-order valence-corrected chi connectivity index (χ2v) is 4.45. The fourth-order valence-corrected chi connectivity index (χ4v) is 2.42. The van der Waals surface area contributed by atoms with Gasteiger partial charge in [-0.1, -0.05) is 11.6 Å². The summed E-state index contributed by atoms with van der Waals surface area (Å²) in [6, 6.07) is 3.50. The number of nitrogens with zero attached hydrogens (tertiary/aromatic N) is 1. The van der Waals surface area contributed by atoms with E-state index >= 15 is 0 Å². The summed E-state index contributed by atoms with van der Waals surface area (Å²) in [4.78, 5) is 15.2. The molecule has 3 nitrogen and oxygen atoms in total. The van der Waals surface area contributed by atoms with Gasteiger partial charge in [0.2, 0.25) is 0 Å². The number of H-pyrrole nitrogens is 1. The molecular weight excluding hydrogens is 244 g/mol. The molecule has 5 heteroatoms. The van der Waals surface area contributed by atoms with E-state index in [0.717, 1.165) is 5.56 Å². The van der Waals surface area contributed by atoms with Gasteiger partial charge in [0.1, 0.15) is 0 Å². The van der Waals surface area contributed by atoms with Gasteiger partial charge in [0.05, 0.1) is 10.9 Å². The Kier molecular flexibility index (Phi) is 2.86. The highest BCUT2D eigenvalue weighted by Crippen LogP contribution is 2.19. The quantitative estimate of drug-likeness (QED) is 0.795. The molecule has 0 amide bonds. The largest absolute Gasteiger partial charge is 0.331 e. The van der Waals surface area contributed by atoms with Crippen molar-refractivity contribution in [3.05, 3.63) is 37.8 Å². The van der Waals surface area contributed by atoms with Crippen LogP contribution in [0, 0.1) is 11.7 Å². The molecule has 0 unspecified atom stereocenters. The van der Waals surface area contributed by atoms with Crippen LogP contribution in [0.3, 0.4) is 0 Å². The van der Waals surface area contributed by atoms with Gasteiger partial charge >= 0.3 is 0 Å². The normalized spacial score (nSPS) is 10.9. The molecule has 16 heavy (non-hydrogen) atoms. The molecular formula is C11H11ClN2OS. The van der Waals surface area contributed by atoms with Crippen molar-refractivity contribution in [1.29, 1.82) is 0 Å². The van der Waals surface area contributed by atoms with E-state index in [4.69, 9.17) is 23.8 Å². The standard InChI is InChI=1S/C11H11ClN2OS/c1-3-14-10(15)9-6(2)4-7(12)5-8(9)13-11(14)16/h4-5H,3H2,1-2H3,(H,13,16). The first-order valence-electron chi connectivity index (χ1n) is 4.97. The van der Waals surface area contributed by atoms with Crippen molar-refractivity contribution in [1.82, 2.24) is 9.55 Å². The summed E-state index contributed by atoms with van der Waals surface area (Å²) < 4.78 is 1.97. The zero-order chi connectivity index (χ0) is 11.9. The number of hydrogen-bond acceptors (Lipinski definition) is 2. The van der Waals surface area contributed by atoms with Crippen molar-refractivity contribution in [3.8, 4) is 0 Å². The molecule has 0 radical (unpaired) electrons. The van der Waals surface area contributed by atoms with Gasteiger partial charge in [-0.3, -0.25) is 9.36 Å². The van der Waals surface area contributed by atoms with Crippen molar-refractivity contribution < 1.29 is 0 Å². The van der Waals surface area contributed by atoms with Crippen LogP contribution in [0.2, 0.25) is 5.02 Å². The average molecular weight is 255 g/mol. The van der Waals surface area contributed by atoms with E-state index in [2.05, 4.69) is 4.98 Å². The number of rotatable bonds is 1. The zero-order valence-corrected chi connectivity index (χ0v) is 10.6. The molecule has 84 valence electrons. The smallest absolute Gasteiger partial charge is 0.262 e. The van der Waals surface area contributed by atoms with Crippen molar-refractivity contribution >= 4 is 34.7 Å². The number of aromatic amines is 1. The summed E-state index contributed by atoms with van der Waals surface area (Å²) in [5.41, 5.74) is 1.50. The summed E-state index contributed by atoms with van der Waals surface area (Å²) in [5, 5.41) is 1.25. The highest BCUT2D eigenvalue weighted by atomic mass is 35.5. The van der Waals surface area contributed by atoms with Crippen molar-refractivity contribution in [2.75, 3.05) is 0 Å². The van der Waals surface area contributed by atoms with Gasteiger partial charge < -0.3 is 4.98 Å². The molecule has 1 aromatic carbocycles. The summed E-state index contributed by atoms with van der Waals surface area (Å²) >= 11 is 11.1. The Bertz CT molecular complexity index is 672. The van der Waals surface area contributed by atoms with Gasteiger partial charge in [0.25, 0.3) is 5.56 Å². The van der Waals surface area contributed by atoms with Crippen LogP contribution in [-0.2, 0) is 6.54 Å². The lowest BCUT2D eigenvalue weighted by atomic mass is 10.1. The fraction of sp³-hybridized carbons (Fsp3) is 0.273. The maximum absolute atomic E-state index is 12.1. The Balaban J connectivity index is 3.06. The Labute approximate surface area is 103 Å². The molecule has 2 rings (SSSR count). The van der Waals surface area contributed by atoms with Crippen LogP contribution in [0.1, 0.15) is 12.5 Å². The van der Waals surface area contributed by atoms with Gasteiger partial charge in [-0.05, 0) is 43.8 Å². The maximum atomic E-state index is 12.1.